The average Bonchev–Trinajstić information content (AvgIpc) is 2.97. The van der Waals surface area contributed by atoms with E-state index in [9.17, 15) is 5.11 Å². The van der Waals surface area contributed by atoms with E-state index in [0.717, 1.165) is 22.2 Å². The third-order valence-corrected chi connectivity index (χ3v) is 4.27. The second kappa shape index (κ2) is 5.86. The number of aromatic hydroxyl groups is 1. The Morgan fingerprint density at radius 3 is 2.29 bits per heavy atom. The third-order valence-electron chi connectivity index (χ3n) is 3.84. The second-order valence-corrected chi connectivity index (χ2v) is 6.37. The summed E-state index contributed by atoms with van der Waals surface area (Å²) in [6.07, 6.45) is 0. The minimum atomic E-state index is 0.141. The van der Waals surface area contributed by atoms with Crippen LogP contribution in [0.5, 0.6) is 5.75 Å². The van der Waals surface area contributed by atoms with Crippen molar-refractivity contribution in [1.82, 2.24) is 9.97 Å². The van der Waals surface area contributed by atoms with Crippen LogP contribution in [0.15, 0.2) is 60.7 Å². The lowest BCUT2D eigenvalue weighted by atomic mass is 10.0. The maximum atomic E-state index is 10.4. The lowest BCUT2D eigenvalue weighted by molar-refractivity contribution is 0.477. The van der Waals surface area contributed by atoms with Crippen molar-refractivity contribution in [2.24, 2.45) is 0 Å². The maximum absolute atomic E-state index is 10.4. The Morgan fingerprint density at radius 1 is 0.833 bits per heavy atom. The van der Waals surface area contributed by atoms with Crippen molar-refractivity contribution in [2.75, 3.05) is 0 Å². The molecular formula is C19H12Cl2N2O. The molecule has 3 nitrogen and oxygen atoms in total. The van der Waals surface area contributed by atoms with Gasteiger partial charge in [0.2, 0.25) is 0 Å². The molecule has 118 valence electrons. The molecule has 0 atom stereocenters. The SMILES string of the molecule is Oc1cc(-c2cc(Cl)cc(Cl)c2)ccc1-c1nc2ccccc2[nH]1. The van der Waals surface area contributed by atoms with Crippen molar-refractivity contribution in [2.45, 2.75) is 0 Å². The number of phenols is 1. The molecule has 24 heavy (non-hydrogen) atoms. The number of nitrogens with zero attached hydrogens (tertiary/aromatic N) is 1. The van der Waals surface area contributed by atoms with Crippen molar-refractivity contribution >= 4 is 34.2 Å². The molecule has 5 heteroatoms. The number of imidazole rings is 1. The summed E-state index contributed by atoms with van der Waals surface area (Å²) in [5.74, 6) is 0.770. The number of hydrogen-bond acceptors (Lipinski definition) is 2. The first-order valence-electron chi connectivity index (χ1n) is 7.35. The quantitative estimate of drug-likeness (QED) is 0.470. The van der Waals surface area contributed by atoms with Gasteiger partial charge in [-0.3, -0.25) is 0 Å². The zero-order chi connectivity index (χ0) is 16.7. The molecule has 3 aromatic carbocycles. The molecule has 1 heterocycles. The molecule has 0 radical (unpaired) electrons. The van der Waals surface area contributed by atoms with Gasteiger partial charge in [0, 0.05) is 10.0 Å². The Kier molecular flexibility index (Phi) is 3.68. The summed E-state index contributed by atoms with van der Waals surface area (Å²) in [4.78, 5) is 7.73. The van der Waals surface area contributed by atoms with Crippen LogP contribution in [0.1, 0.15) is 0 Å². The van der Waals surface area contributed by atoms with Gasteiger partial charge in [0.25, 0.3) is 0 Å². The summed E-state index contributed by atoms with van der Waals surface area (Å²) in [5, 5.41) is 11.6. The van der Waals surface area contributed by atoms with Crippen LogP contribution in [0.2, 0.25) is 10.0 Å². The molecule has 0 amide bonds. The minimum Gasteiger partial charge on any atom is -0.507 e. The number of halogens is 2. The van der Waals surface area contributed by atoms with Crippen molar-refractivity contribution in [1.29, 1.82) is 0 Å². The Hall–Kier alpha value is -2.49. The fourth-order valence-electron chi connectivity index (χ4n) is 2.71. The van der Waals surface area contributed by atoms with Crippen LogP contribution in [-0.2, 0) is 0 Å². The van der Waals surface area contributed by atoms with Crippen LogP contribution in [0, 0.1) is 0 Å². The highest BCUT2D eigenvalue weighted by atomic mass is 35.5. The number of rotatable bonds is 2. The largest absolute Gasteiger partial charge is 0.507 e. The van der Waals surface area contributed by atoms with Crippen molar-refractivity contribution in [3.63, 3.8) is 0 Å². The molecule has 0 unspecified atom stereocenters. The summed E-state index contributed by atoms with van der Waals surface area (Å²) < 4.78 is 0. The van der Waals surface area contributed by atoms with E-state index in [1.807, 2.05) is 48.5 Å². The summed E-state index contributed by atoms with van der Waals surface area (Å²) in [6, 6.07) is 18.5. The number of para-hydroxylation sites is 2. The topological polar surface area (TPSA) is 48.9 Å². The fourth-order valence-corrected chi connectivity index (χ4v) is 3.24. The lowest BCUT2D eigenvalue weighted by Gasteiger charge is -2.07. The molecule has 0 aliphatic rings. The number of aromatic nitrogens is 2. The van der Waals surface area contributed by atoms with E-state index in [1.165, 1.54) is 0 Å². The van der Waals surface area contributed by atoms with Crippen molar-refractivity contribution < 1.29 is 5.11 Å². The smallest absolute Gasteiger partial charge is 0.142 e. The van der Waals surface area contributed by atoms with E-state index < -0.39 is 0 Å². The molecule has 2 N–H and O–H groups in total. The summed E-state index contributed by atoms with van der Waals surface area (Å²) in [5.41, 5.74) is 4.11. The predicted molar refractivity (Wildman–Crippen MR) is 98.7 cm³/mol. The molecule has 0 saturated heterocycles. The average molecular weight is 355 g/mol. The van der Waals surface area contributed by atoms with E-state index in [0.29, 0.717) is 21.4 Å². The maximum Gasteiger partial charge on any atom is 0.142 e. The Balaban J connectivity index is 1.79. The molecule has 0 spiro atoms. The number of benzene rings is 3. The van der Waals surface area contributed by atoms with Crippen LogP contribution in [0.4, 0.5) is 0 Å². The molecule has 0 saturated carbocycles. The minimum absolute atomic E-state index is 0.141. The molecule has 0 fully saturated rings. The first-order chi connectivity index (χ1) is 11.6. The van der Waals surface area contributed by atoms with Gasteiger partial charge in [0.15, 0.2) is 0 Å². The van der Waals surface area contributed by atoms with Crippen LogP contribution < -0.4 is 0 Å². The number of hydrogen-bond donors (Lipinski definition) is 2. The number of phenolic OH excluding ortho intramolecular Hbond substituents is 1. The van der Waals surface area contributed by atoms with Crippen LogP contribution in [0.3, 0.4) is 0 Å². The van der Waals surface area contributed by atoms with E-state index in [4.69, 9.17) is 23.2 Å². The van der Waals surface area contributed by atoms with Crippen molar-refractivity contribution in [3.05, 3.63) is 70.7 Å². The summed E-state index contributed by atoms with van der Waals surface area (Å²) in [7, 11) is 0. The highest BCUT2D eigenvalue weighted by molar-refractivity contribution is 6.35. The standard InChI is InChI=1S/C19H12Cl2N2O/c20-13-7-12(8-14(21)10-13)11-5-6-15(18(24)9-11)19-22-16-3-1-2-4-17(16)23-19/h1-10,24H,(H,22,23). The first-order valence-corrected chi connectivity index (χ1v) is 8.10. The number of H-pyrrole nitrogens is 1. The first kappa shape index (κ1) is 15.1. The molecule has 0 aliphatic carbocycles. The number of nitrogens with one attached hydrogen (secondary N) is 1. The van der Waals surface area contributed by atoms with Gasteiger partial charge in [0.05, 0.1) is 16.6 Å². The Labute approximate surface area is 148 Å². The summed E-state index contributed by atoms with van der Waals surface area (Å²) in [6.45, 7) is 0. The molecule has 1 aromatic heterocycles. The van der Waals surface area contributed by atoms with E-state index in [-0.39, 0.29) is 5.75 Å². The zero-order valence-corrected chi connectivity index (χ0v) is 13.9. The van der Waals surface area contributed by atoms with Gasteiger partial charge in [-0.05, 0) is 53.6 Å². The van der Waals surface area contributed by atoms with Gasteiger partial charge in [-0.2, -0.15) is 0 Å². The van der Waals surface area contributed by atoms with Gasteiger partial charge in [-0.25, -0.2) is 4.98 Å². The van der Waals surface area contributed by atoms with Gasteiger partial charge in [0.1, 0.15) is 11.6 Å². The van der Waals surface area contributed by atoms with E-state index in [1.54, 1.807) is 12.1 Å². The van der Waals surface area contributed by atoms with E-state index >= 15 is 0 Å². The molecule has 0 aliphatic heterocycles. The summed E-state index contributed by atoms with van der Waals surface area (Å²) >= 11 is 12.1. The van der Waals surface area contributed by atoms with Gasteiger partial charge in [-0.15, -0.1) is 0 Å². The highest BCUT2D eigenvalue weighted by Crippen LogP contribution is 2.34. The predicted octanol–water partition coefficient (Wildman–Crippen LogP) is 5.91. The molecule has 0 bridgehead atoms. The number of fused-ring (bicyclic) bond motifs is 1. The zero-order valence-electron chi connectivity index (χ0n) is 12.4. The van der Waals surface area contributed by atoms with Crippen LogP contribution in [0.25, 0.3) is 33.5 Å². The number of aromatic amines is 1. The normalized spacial score (nSPS) is 11.1. The van der Waals surface area contributed by atoms with E-state index in [2.05, 4.69) is 9.97 Å². The molecular weight excluding hydrogens is 343 g/mol. The van der Waals surface area contributed by atoms with Gasteiger partial charge >= 0.3 is 0 Å². The van der Waals surface area contributed by atoms with Crippen molar-refractivity contribution in [3.8, 4) is 28.3 Å². The monoisotopic (exact) mass is 354 g/mol. The molecule has 4 rings (SSSR count). The van der Waals surface area contributed by atoms with Gasteiger partial charge < -0.3 is 10.1 Å². The third kappa shape index (κ3) is 2.73. The molecule has 4 aromatic rings. The lowest BCUT2D eigenvalue weighted by Crippen LogP contribution is -1.84. The van der Waals surface area contributed by atoms with Crippen LogP contribution >= 0.6 is 23.2 Å². The second-order valence-electron chi connectivity index (χ2n) is 5.49. The highest BCUT2D eigenvalue weighted by Gasteiger charge is 2.11. The Morgan fingerprint density at radius 2 is 1.58 bits per heavy atom. The Bertz CT molecular complexity index is 1000. The van der Waals surface area contributed by atoms with Gasteiger partial charge in [-0.1, -0.05) is 41.4 Å². The fraction of sp³-hybridized carbons (Fsp3) is 0. The van der Waals surface area contributed by atoms with Crippen LogP contribution in [-0.4, -0.2) is 15.1 Å².